The molecule has 1 atom stereocenters. The quantitative estimate of drug-likeness (QED) is 0.363. The molecule has 2 aromatic rings. The van der Waals surface area contributed by atoms with E-state index in [-0.39, 0.29) is 10.6 Å². The number of rotatable bonds is 7. The van der Waals surface area contributed by atoms with E-state index in [1.54, 1.807) is 6.08 Å². The van der Waals surface area contributed by atoms with Crippen LogP contribution in [-0.4, -0.2) is 37.2 Å². The van der Waals surface area contributed by atoms with Gasteiger partial charge in [-0.3, -0.25) is 9.59 Å². The minimum absolute atomic E-state index is 0.0987. The molecule has 0 amide bonds. The molecule has 0 radical (unpaired) electrons. The zero-order valence-corrected chi connectivity index (χ0v) is 21.7. The average molecular weight is 489 g/mol. The van der Waals surface area contributed by atoms with E-state index in [4.69, 9.17) is 9.16 Å². The topological polar surface area (TPSA) is 72.8 Å². The second kappa shape index (κ2) is 9.53. The van der Waals surface area contributed by atoms with Crippen molar-refractivity contribution in [3.8, 4) is 0 Å². The maximum Gasteiger partial charge on any atom is 0.261 e. The number of ether oxygens (including phenoxy) is 1. The number of carbonyl (C=O) groups is 2. The number of fused-ring (bicyclic) bond motifs is 1. The minimum Gasteiger partial charge on any atom is -0.469 e. The summed E-state index contributed by atoms with van der Waals surface area (Å²) in [5, 5.41) is 12.5. The van der Waals surface area contributed by atoms with Gasteiger partial charge in [0.25, 0.3) is 8.32 Å². The number of carbonyl (C=O) groups excluding carboxylic acids is 2. The monoisotopic (exact) mass is 488 g/mol. The summed E-state index contributed by atoms with van der Waals surface area (Å²) in [7, 11) is -2.60. The lowest BCUT2D eigenvalue weighted by Crippen LogP contribution is -2.66. The zero-order chi connectivity index (χ0) is 25.3. The van der Waals surface area contributed by atoms with Crippen LogP contribution in [0.15, 0.2) is 96.0 Å². The average Bonchev–Trinajstić information content (AvgIpc) is 2.83. The van der Waals surface area contributed by atoms with Gasteiger partial charge >= 0.3 is 0 Å². The van der Waals surface area contributed by atoms with E-state index >= 15 is 0 Å². The van der Waals surface area contributed by atoms with Crippen LogP contribution in [0.5, 0.6) is 0 Å². The molecule has 0 unspecified atom stereocenters. The van der Waals surface area contributed by atoms with Crippen molar-refractivity contribution in [1.82, 2.24) is 0 Å². The number of hydrogen-bond donors (Lipinski definition) is 1. The lowest BCUT2D eigenvalue weighted by atomic mass is 9.80. The van der Waals surface area contributed by atoms with Crippen molar-refractivity contribution >= 4 is 30.3 Å². The van der Waals surface area contributed by atoms with E-state index in [1.165, 1.54) is 29.6 Å². The molecule has 1 heterocycles. The molecule has 182 valence electrons. The smallest absolute Gasteiger partial charge is 0.261 e. The molecular formula is C29H32O5Si. The van der Waals surface area contributed by atoms with E-state index < -0.39 is 25.5 Å². The molecule has 35 heavy (non-hydrogen) atoms. The van der Waals surface area contributed by atoms with Gasteiger partial charge in [0.1, 0.15) is 12.0 Å². The van der Waals surface area contributed by atoms with Crippen molar-refractivity contribution < 1.29 is 23.9 Å². The van der Waals surface area contributed by atoms with Gasteiger partial charge in [0, 0.05) is 13.0 Å². The molecule has 0 spiro atoms. The SMILES string of the molecule is CC(C)(C)[Si](OCCCC1=CC2=CC(=O)[C@@](C)(O)C(=O)C2=CO1)(c1ccccc1)c1ccccc1. The van der Waals surface area contributed by atoms with Crippen molar-refractivity contribution in [3.05, 3.63) is 96.0 Å². The fourth-order valence-electron chi connectivity index (χ4n) is 4.81. The molecule has 0 saturated carbocycles. The fourth-order valence-corrected chi connectivity index (χ4v) is 9.42. The summed E-state index contributed by atoms with van der Waals surface area (Å²) >= 11 is 0. The molecule has 1 N–H and O–H groups in total. The summed E-state index contributed by atoms with van der Waals surface area (Å²) in [6.45, 7) is 8.49. The summed E-state index contributed by atoms with van der Waals surface area (Å²) in [6, 6.07) is 21.0. The Bertz CT molecular complexity index is 1160. The number of ketones is 2. The van der Waals surface area contributed by atoms with E-state index in [0.717, 1.165) is 0 Å². The van der Waals surface area contributed by atoms with Gasteiger partial charge in [0.2, 0.25) is 5.78 Å². The highest BCUT2D eigenvalue weighted by Gasteiger charge is 2.50. The molecule has 0 saturated heterocycles. The Labute approximate surface area is 207 Å². The van der Waals surface area contributed by atoms with Crippen LogP contribution < -0.4 is 10.4 Å². The van der Waals surface area contributed by atoms with Crippen molar-refractivity contribution in [2.45, 2.75) is 51.2 Å². The van der Waals surface area contributed by atoms with Gasteiger partial charge < -0.3 is 14.3 Å². The Morgan fingerprint density at radius 2 is 1.51 bits per heavy atom. The van der Waals surface area contributed by atoms with Crippen LogP contribution in [0.2, 0.25) is 5.04 Å². The molecule has 6 heteroatoms. The van der Waals surface area contributed by atoms with Crippen LogP contribution >= 0.6 is 0 Å². The third kappa shape index (κ3) is 4.61. The highest BCUT2D eigenvalue weighted by atomic mass is 28.4. The highest BCUT2D eigenvalue weighted by molar-refractivity contribution is 6.99. The van der Waals surface area contributed by atoms with Gasteiger partial charge in [-0.05, 0) is 46.5 Å². The Morgan fingerprint density at radius 1 is 0.943 bits per heavy atom. The highest BCUT2D eigenvalue weighted by Crippen LogP contribution is 2.37. The minimum atomic E-state index is -2.60. The zero-order valence-electron chi connectivity index (χ0n) is 20.7. The fraction of sp³-hybridized carbons (Fsp3) is 0.310. The molecule has 1 aliphatic carbocycles. The summed E-state index contributed by atoms with van der Waals surface area (Å²) in [4.78, 5) is 24.6. The van der Waals surface area contributed by atoms with E-state index in [0.29, 0.717) is 30.8 Å². The van der Waals surface area contributed by atoms with Crippen LogP contribution in [0.1, 0.15) is 40.5 Å². The van der Waals surface area contributed by atoms with Gasteiger partial charge in [-0.2, -0.15) is 0 Å². The van der Waals surface area contributed by atoms with E-state index in [1.807, 2.05) is 12.1 Å². The van der Waals surface area contributed by atoms with Gasteiger partial charge in [0.15, 0.2) is 11.4 Å². The summed E-state index contributed by atoms with van der Waals surface area (Å²) < 4.78 is 12.6. The molecular weight excluding hydrogens is 456 g/mol. The molecule has 0 aromatic heterocycles. The molecule has 0 bridgehead atoms. The second-order valence-electron chi connectivity index (χ2n) is 10.2. The van der Waals surface area contributed by atoms with E-state index in [2.05, 4.69) is 69.3 Å². The third-order valence-electron chi connectivity index (χ3n) is 6.71. The van der Waals surface area contributed by atoms with Crippen molar-refractivity contribution in [2.75, 3.05) is 6.61 Å². The van der Waals surface area contributed by atoms with E-state index in [9.17, 15) is 14.7 Å². The van der Waals surface area contributed by atoms with Crippen molar-refractivity contribution in [1.29, 1.82) is 0 Å². The Hall–Kier alpha value is -3.06. The lowest BCUT2D eigenvalue weighted by Gasteiger charge is -2.43. The summed E-state index contributed by atoms with van der Waals surface area (Å²) in [6.07, 6.45) is 5.68. The Morgan fingerprint density at radius 3 is 2.06 bits per heavy atom. The summed E-state index contributed by atoms with van der Waals surface area (Å²) in [5.74, 6) is -0.583. The Kier molecular flexibility index (Phi) is 6.82. The van der Waals surface area contributed by atoms with Crippen molar-refractivity contribution in [2.24, 2.45) is 0 Å². The molecule has 5 nitrogen and oxygen atoms in total. The third-order valence-corrected chi connectivity index (χ3v) is 11.8. The van der Waals surface area contributed by atoms with Crippen LogP contribution in [0, 0.1) is 0 Å². The number of allylic oxidation sites excluding steroid dienone is 3. The summed E-state index contributed by atoms with van der Waals surface area (Å²) in [5.41, 5.74) is -1.32. The molecule has 0 fully saturated rings. The predicted octanol–water partition coefficient (Wildman–Crippen LogP) is 3.97. The first-order valence-electron chi connectivity index (χ1n) is 11.9. The van der Waals surface area contributed by atoms with Gasteiger partial charge in [-0.1, -0.05) is 81.4 Å². The Balaban J connectivity index is 1.53. The number of Topliss-reactive ketones (excluding diaryl/α,β-unsaturated/α-hetero) is 1. The first kappa shape index (κ1) is 25.0. The maximum atomic E-state index is 12.4. The van der Waals surface area contributed by atoms with Crippen molar-refractivity contribution in [3.63, 3.8) is 0 Å². The maximum absolute atomic E-state index is 12.4. The van der Waals surface area contributed by atoms with Gasteiger partial charge in [-0.15, -0.1) is 0 Å². The predicted molar refractivity (Wildman–Crippen MR) is 139 cm³/mol. The van der Waals surface area contributed by atoms with Crippen LogP contribution in [0.3, 0.4) is 0 Å². The molecule has 2 aromatic carbocycles. The van der Waals surface area contributed by atoms with Gasteiger partial charge in [0.05, 0.1) is 5.57 Å². The normalized spacial score (nSPS) is 20.4. The van der Waals surface area contributed by atoms with Crippen LogP contribution in [0.4, 0.5) is 0 Å². The number of benzene rings is 2. The van der Waals surface area contributed by atoms with Crippen LogP contribution in [-0.2, 0) is 18.8 Å². The second-order valence-corrected chi connectivity index (χ2v) is 14.5. The largest absolute Gasteiger partial charge is 0.469 e. The molecule has 1 aliphatic heterocycles. The molecule has 2 aliphatic rings. The first-order chi connectivity index (χ1) is 16.6. The number of hydrogen-bond acceptors (Lipinski definition) is 5. The van der Waals surface area contributed by atoms with Gasteiger partial charge in [-0.25, -0.2) is 0 Å². The first-order valence-corrected chi connectivity index (χ1v) is 13.8. The standard InChI is InChI=1S/C29H32O5Si/c1-28(2,3)35(23-13-7-5-8-14-23,24-15-9-6-10-16-24)34-17-11-12-22-18-21-19-26(30)29(4,32)27(31)25(21)20-33-22/h5-10,13-16,18-20,32H,11-12,17H2,1-4H3/t29-/m1/s1. The number of aliphatic hydroxyl groups is 1. The lowest BCUT2D eigenvalue weighted by molar-refractivity contribution is -0.144. The molecule has 4 rings (SSSR count). The van der Waals surface area contributed by atoms with Crippen LogP contribution in [0.25, 0.3) is 0 Å².